The number of amides is 1. The van der Waals surface area contributed by atoms with Crippen molar-refractivity contribution in [3.05, 3.63) is 69.6 Å². The van der Waals surface area contributed by atoms with Gasteiger partial charge in [-0.25, -0.2) is 4.39 Å². The highest BCUT2D eigenvalue weighted by molar-refractivity contribution is 9.10. The molecule has 3 rings (SSSR count). The molecule has 0 unspecified atom stereocenters. The summed E-state index contributed by atoms with van der Waals surface area (Å²) in [7, 11) is 0. The van der Waals surface area contributed by atoms with Crippen LogP contribution in [0.25, 0.3) is 10.9 Å². The zero-order valence-corrected chi connectivity index (χ0v) is 17.8. The first-order valence-corrected chi connectivity index (χ1v) is 9.90. The second-order valence-electron chi connectivity index (χ2n) is 7.74. The van der Waals surface area contributed by atoms with Gasteiger partial charge in [-0.1, -0.05) is 29.8 Å². The minimum atomic E-state index is -0.461. The molecule has 0 fully saturated rings. The molecule has 0 aliphatic carbocycles. The highest BCUT2D eigenvalue weighted by Gasteiger charge is 2.21. The molecule has 0 atom stereocenters. The fourth-order valence-electron chi connectivity index (χ4n) is 3.00. The number of hydrogen-bond acceptors (Lipinski definition) is 3. The van der Waals surface area contributed by atoms with E-state index in [1.165, 1.54) is 6.07 Å². The second kappa shape index (κ2) is 8.36. The lowest BCUT2D eigenvalue weighted by atomic mass is 9.95. The number of fused-ring (bicyclic) bond motifs is 1. The van der Waals surface area contributed by atoms with Crippen molar-refractivity contribution in [3.8, 4) is 6.07 Å². The van der Waals surface area contributed by atoms with E-state index in [2.05, 4.69) is 27.3 Å². The molecule has 1 aromatic heterocycles. The summed E-state index contributed by atoms with van der Waals surface area (Å²) in [5.74, 6) is -0.687. The predicted molar refractivity (Wildman–Crippen MR) is 113 cm³/mol. The Morgan fingerprint density at radius 1 is 1.28 bits per heavy atom. The van der Waals surface area contributed by atoms with Crippen LogP contribution in [0, 0.1) is 22.6 Å². The third-order valence-electron chi connectivity index (χ3n) is 4.75. The van der Waals surface area contributed by atoms with E-state index < -0.39 is 5.41 Å². The molecule has 0 aliphatic rings. The number of hydrogen-bond donors (Lipinski definition) is 2. The zero-order valence-electron chi connectivity index (χ0n) is 16.2. The van der Waals surface area contributed by atoms with Gasteiger partial charge in [0.15, 0.2) is 0 Å². The van der Waals surface area contributed by atoms with Gasteiger partial charge in [0.05, 0.1) is 18.2 Å². The van der Waals surface area contributed by atoms with E-state index >= 15 is 0 Å². The Hall–Kier alpha value is -2.69. The van der Waals surface area contributed by atoms with E-state index in [1.54, 1.807) is 41.0 Å². The summed E-state index contributed by atoms with van der Waals surface area (Å²) in [6.45, 7) is 4.08. The van der Waals surface area contributed by atoms with Gasteiger partial charge in [0, 0.05) is 39.5 Å². The van der Waals surface area contributed by atoms with Crippen LogP contribution in [0.4, 0.5) is 4.39 Å². The lowest BCUT2D eigenvalue weighted by Crippen LogP contribution is -2.36. The monoisotopic (exact) mass is 457 g/mol. The van der Waals surface area contributed by atoms with E-state index in [1.807, 2.05) is 13.8 Å². The van der Waals surface area contributed by atoms with Crippen molar-refractivity contribution in [1.82, 2.24) is 9.88 Å². The maximum absolute atomic E-state index is 14.4. The Balaban J connectivity index is 2.05. The minimum absolute atomic E-state index is 0.0644. The van der Waals surface area contributed by atoms with Crippen molar-refractivity contribution in [2.45, 2.75) is 20.4 Å². The number of aliphatic hydroxyl groups excluding tert-OH is 1. The Labute approximate surface area is 176 Å². The van der Waals surface area contributed by atoms with Gasteiger partial charge in [0.1, 0.15) is 11.5 Å². The van der Waals surface area contributed by atoms with Crippen molar-refractivity contribution in [1.29, 1.82) is 5.26 Å². The fraction of sp³-hybridized carbons (Fsp3) is 0.273. The number of nitriles is 1. The molecule has 0 aliphatic heterocycles. The molecule has 29 heavy (non-hydrogen) atoms. The van der Waals surface area contributed by atoms with Crippen LogP contribution in [-0.2, 0) is 6.54 Å². The number of rotatable bonds is 6. The van der Waals surface area contributed by atoms with Crippen LogP contribution in [0.2, 0.25) is 0 Å². The average molecular weight is 458 g/mol. The van der Waals surface area contributed by atoms with Gasteiger partial charge in [-0.3, -0.25) is 4.79 Å². The Morgan fingerprint density at radius 2 is 2.03 bits per heavy atom. The number of aromatic nitrogens is 1. The van der Waals surface area contributed by atoms with Gasteiger partial charge in [-0.15, -0.1) is 0 Å². The molecule has 3 aromatic rings. The third-order valence-corrected chi connectivity index (χ3v) is 5.25. The molecule has 1 heterocycles. The van der Waals surface area contributed by atoms with Crippen LogP contribution < -0.4 is 5.32 Å². The molecule has 2 aromatic carbocycles. The average Bonchev–Trinajstić information content (AvgIpc) is 3.06. The molecule has 0 bridgehead atoms. The van der Waals surface area contributed by atoms with E-state index in [4.69, 9.17) is 0 Å². The van der Waals surface area contributed by atoms with Gasteiger partial charge in [0.2, 0.25) is 0 Å². The predicted octanol–water partition coefficient (Wildman–Crippen LogP) is 4.21. The van der Waals surface area contributed by atoms with Gasteiger partial charge in [-0.2, -0.15) is 5.26 Å². The second-order valence-corrected chi connectivity index (χ2v) is 8.66. The van der Waals surface area contributed by atoms with Crippen LogP contribution in [0.1, 0.15) is 35.5 Å². The summed E-state index contributed by atoms with van der Waals surface area (Å²) in [6, 6.07) is 13.6. The number of aliphatic hydroxyl groups is 1. The smallest absolute Gasteiger partial charge is 0.267 e. The summed E-state index contributed by atoms with van der Waals surface area (Å²) in [6.07, 6.45) is 0. The zero-order chi connectivity index (χ0) is 21.2. The number of nitrogens with one attached hydrogen (secondary N) is 1. The number of halogens is 2. The number of benzene rings is 2. The summed E-state index contributed by atoms with van der Waals surface area (Å²) in [4.78, 5) is 12.9. The molecule has 150 valence electrons. The molecule has 2 N–H and O–H groups in total. The topological polar surface area (TPSA) is 78.1 Å². The SMILES string of the molecule is CC(C)(CO)CNC(=O)c1cc2cc(C#N)ccc2n1Cc1cc(Br)ccc1F. The fourth-order valence-corrected chi connectivity index (χ4v) is 3.41. The first-order valence-electron chi connectivity index (χ1n) is 9.10. The normalized spacial score (nSPS) is 11.4. The maximum atomic E-state index is 14.4. The van der Waals surface area contributed by atoms with Crippen LogP contribution in [0.5, 0.6) is 0 Å². The van der Waals surface area contributed by atoms with Crippen LogP contribution >= 0.6 is 15.9 Å². The van der Waals surface area contributed by atoms with Gasteiger partial charge in [0.25, 0.3) is 5.91 Å². The molecule has 1 amide bonds. The van der Waals surface area contributed by atoms with Crippen LogP contribution in [-0.4, -0.2) is 28.7 Å². The van der Waals surface area contributed by atoms with E-state index in [0.29, 0.717) is 23.4 Å². The lowest BCUT2D eigenvalue weighted by molar-refractivity contribution is 0.0902. The van der Waals surface area contributed by atoms with Crippen molar-refractivity contribution in [2.75, 3.05) is 13.2 Å². The first-order chi connectivity index (χ1) is 13.7. The molecule has 7 heteroatoms. The van der Waals surface area contributed by atoms with Crippen molar-refractivity contribution in [3.63, 3.8) is 0 Å². The Kier molecular flexibility index (Phi) is 6.06. The van der Waals surface area contributed by atoms with Crippen LogP contribution in [0.3, 0.4) is 0 Å². The van der Waals surface area contributed by atoms with Gasteiger partial charge < -0.3 is 15.0 Å². The standard InChI is InChI=1S/C22H21BrFN3O2/c1-22(2,13-28)12-26-21(29)20-9-15-7-14(10-25)3-6-19(15)27(20)11-16-8-17(23)4-5-18(16)24/h3-9,28H,11-13H2,1-2H3,(H,26,29). The Morgan fingerprint density at radius 3 is 2.72 bits per heavy atom. The first kappa shape index (κ1) is 21.0. The number of nitrogens with zero attached hydrogens (tertiary/aromatic N) is 2. The van der Waals surface area contributed by atoms with E-state index in [-0.39, 0.29) is 24.9 Å². The van der Waals surface area contributed by atoms with Crippen molar-refractivity contribution in [2.24, 2.45) is 5.41 Å². The molecule has 0 radical (unpaired) electrons. The third kappa shape index (κ3) is 4.66. The van der Waals surface area contributed by atoms with E-state index in [9.17, 15) is 19.6 Å². The van der Waals surface area contributed by atoms with Gasteiger partial charge in [-0.05, 0) is 42.5 Å². The summed E-state index contributed by atoms with van der Waals surface area (Å²) < 4.78 is 16.8. The summed E-state index contributed by atoms with van der Waals surface area (Å²) >= 11 is 3.36. The van der Waals surface area contributed by atoms with Crippen molar-refractivity contribution >= 4 is 32.7 Å². The molecule has 0 saturated carbocycles. The number of carbonyl (C=O) groups excluding carboxylic acids is 1. The number of carbonyl (C=O) groups is 1. The van der Waals surface area contributed by atoms with Gasteiger partial charge >= 0.3 is 0 Å². The van der Waals surface area contributed by atoms with Crippen molar-refractivity contribution < 1.29 is 14.3 Å². The molecular weight excluding hydrogens is 437 g/mol. The Bertz CT molecular complexity index is 1120. The molecule has 0 saturated heterocycles. The highest BCUT2D eigenvalue weighted by atomic mass is 79.9. The highest BCUT2D eigenvalue weighted by Crippen LogP contribution is 2.25. The summed E-state index contributed by atoms with van der Waals surface area (Å²) in [5, 5.41) is 22.2. The molecular formula is C22H21BrFN3O2. The summed E-state index contributed by atoms with van der Waals surface area (Å²) in [5.41, 5.74) is 1.55. The minimum Gasteiger partial charge on any atom is -0.396 e. The van der Waals surface area contributed by atoms with Crippen LogP contribution in [0.15, 0.2) is 46.9 Å². The molecule has 0 spiro atoms. The maximum Gasteiger partial charge on any atom is 0.267 e. The lowest BCUT2D eigenvalue weighted by Gasteiger charge is -2.22. The van der Waals surface area contributed by atoms with E-state index in [0.717, 1.165) is 15.4 Å². The largest absolute Gasteiger partial charge is 0.396 e. The molecule has 5 nitrogen and oxygen atoms in total. The quantitative estimate of drug-likeness (QED) is 0.581.